The van der Waals surface area contributed by atoms with E-state index in [1.54, 1.807) is 12.1 Å². The zero-order valence-corrected chi connectivity index (χ0v) is 14.2. The van der Waals surface area contributed by atoms with Crippen LogP contribution in [0.5, 0.6) is 11.7 Å². The molecule has 6 heteroatoms. The molecule has 2 fully saturated rings. The van der Waals surface area contributed by atoms with E-state index in [1.807, 2.05) is 35.2 Å². The van der Waals surface area contributed by atoms with Crippen LogP contribution in [-0.2, 0) is 0 Å². The van der Waals surface area contributed by atoms with Crippen molar-refractivity contribution in [2.24, 2.45) is 0 Å². The first kappa shape index (κ1) is 16.2. The van der Waals surface area contributed by atoms with Crippen molar-refractivity contribution in [1.29, 1.82) is 0 Å². The van der Waals surface area contributed by atoms with Crippen LogP contribution in [0.3, 0.4) is 0 Å². The number of amides is 1. The summed E-state index contributed by atoms with van der Waals surface area (Å²) in [7, 11) is 0. The molecule has 0 saturated carbocycles. The molecular formula is C19H23N3O3. The third-order valence-electron chi connectivity index (χ3n) is 4.87. The number of ether oxygens (including phenoxy) is 1. The van der Waals surface area contributed by atoms with Gasteiger partial charge in [-0.2, -0.15) is 0 Å². The molecule has 6 nitrogen and oxygen atoms in total. The van der Waals surface area contributed by atoms with Gasteiger partial charge in [0.25, 0.3) is 11.9 Å². The van der Waals surface area contributed by atoms with Gasteiger partial charge in [-0.1, -0.05) is 18.2 Å². The lowest BCUT2D eigenvalue weighted by molar-refractivity contribution is 0.0737. The van der Waals surface area contributed by atoms with Crippen molar-refractivity contribution in [2.75, 3.05) is 39.3 Å². The third-order valence-corrected chi connectivity index (χ3v) is 4.87. The van der Waals surface area contributed by atoms with E-state index in [0.29, 0.717) is 23.5 Å². The Morgan fingerprint density at radius 1 is 1.08 bits per heavy atom. The largest absolute Gasteiger partial charge is 0.426 e. The Hall–Kier alpha value is -2.31. The quantitative estimate of drug-likeness (QED) is 0.924. The molecule has 2 aromatic rings. The molecule has 1 aromatic carbocycles. The Labute approximate surface area is 147 Å². The molecule has 0 spiro atoms. The number of piperazine rings is 1. The van der Waals surface area contributed by atoms with E-state index in [0.717, 1.165) is 45.7 Å². The van der Waals surface area contributed by atoms with Gasteiger partial charge in [0.2, 0.25) is 0 Å². The van der Waals surface area contributed by atoms with Gasteiger partial charge in [0.1, 0.15) is 5.75 Å². The maximum absolute atomic E-state index is 12.7. The Morgan fingerprint density at radius 2 is 1.88 bits per heavy atom. The number of para-hydroxylation sites is 1. The van der Waals surface area contributed by atoms with Gasteiger partial charge in [0, 0.05) is 51.4 Å². The molecule has 2 saturated heterocycles. The van der Waals surface area contributed by atoms with Crippen LogP contribution in [0.4, 0.5) is 0 Å². The molecule has 0 bridgehead atoms. The molecule has 4 rings (SSSR count). The molecule has 1 aromatic heterocycles. The minimum Gasteiger partial charge on any atom is -0.426 e. The Morgan fingerprint density at radius 3 is 2.68 bits per heavy atom. The number of nitrogens with one attached hydrogen (secondary N) is 1. The molecule has 1 atom stereocenters. The lowest BCUT2D eigenvalue weighted by atomic mass is 10.2. The first-order chi connectivity index (χ1) is 12.3. The fourth-order valence-corrected chi connectivity index (χ4v) is 3.52. The average molecular weight is 341 g/mol. The van der Waals surface area contributed by atoms with Gasteiger partial charge in [-0.3, -0.25) is 9.69 Å². The molecule has 132 valence electrons. The minimum atomic E-state index is -0.0550. The summed E-state index contributed by atoms with van der Waals surface area (Å²) in [5, 5.41) is 3.37. The van der Waals surface area contributed by atoms with E-state index in [4.69, 9.17) is 9.15 Å². The smallest absolute Gasteiger partial charge is 0.290 e. The van der Waals surface area contributed by atoms with Crippen molar-refractivity contribution in [2.45, 2.75) is 12.5 Å². The van der Waals surface area contributed by atoms with Gasteiger partial charge in [0.15, 0.2) is 5.76 Å². The molecule has 3 heterocycles. The van der Waals surface area contributed by atoms with Crippen LogP contribution < -0.4 is 10.1 Å². The van der Waals surface area contributed by atoms with Crippen LogP contribution in [0.1, 0.15) is 17.0 Å². The summed E-state index contributed by atoms with van der Waals surface area (Å²) < 4.78 is 11.2. The van der Waals surface area contributed by atoms with Crippen LogP contribution in [0, 0.1) is 0 Å². The highest BCUT2D eigenvalue weighted by Gasteiger charge is 2.32. The van der Waals surface area contributed by atoms with Crippen LogP contribution in [-0.4, -0.2) is 61.0 Å². The molecular weight excluding hydrogens is 318 g/mol. The highest BCUT2D eigenvalue weighted by atomic mass is 16.6. The highest BCUT2D eigenvalue weighted by Crippen LogP contribution is 2.25. The van der Waals surface area contributed by atoms with Crippen molar-refractivity contribution >= 4 is 5.91 Å². The molecule has 1 amide bonds. The zero-order valence-electron chi connectivity index (χ0n) is 14.2. The number of nitrogens with zero attached hydrogens (tertiary/aromatic N) is 2. The van der Waals surface area contributed by atoms with E-state index in [-0.39, 0.29) is 5.91 Å². The van der Waals surface area contributed by atoms with Gasteiger partial charge in [-0.05, 0) is 24.6 Å². The first-order valence-electron chi connectivity index (χ1n) is 8.86. The molecule has 0 radical (unpaired) electrons. The van der Waals surface area contributed by atoms with Gasteiger partial charge < -0.3 is 19.4 Å². The highest BCUT2D eigenvalue weighted by molar-refractivity contribution is 5.91. The number of benzene rings is 1. The molecule has 25 heavy (non-hydrogen) atoms. The summed E-state index contributed by atoms with van der Waals surface area (Å²) in [6.07, 6.45) is 1.03. The summed E-state index contributed by atoms with van der Waals surface area (Å²) in [5.74, 6) is 1.32. The number of carbonyl (C=O) groups excluding carboxylic acids is 1. The molecule has 1 unspecified atom stereocenters. The number of furan rings is 1. The Bertz CT molecular complexity index is 710. The van der Waals surface area contributed by atoms with E-state index >= 15 is 0 Å². The molecule has 1 N–H and O–H groups in total. The van der Waals surface area contributed by atoms with Gasteiger partial charge in [0.05, 0.1) is 0 Å². The standard InChI is InChI=1S/C19H23N3O3/c23-19(22-11-8-15(14-22)21-12-9-20-10-13-21)17-6-7-18(25-17)24-16-4-2-1-3-5-16/h1-7,15,20H,8-14H2. The van der Waals surface area contributed by atoms with Crippen molar-refractivity contribution in [3.05, 3.63) is 48.2 Å². The lowest BCUT2D eigenvalue weighted by Crippen LogP contribution is -2.49. The summed E-state index contributed by atoms with van der Waals surface area (Å²) in [6.45, 7) is 5.73. The number of hydrogen-bond acceptors (Lipinski definition) is 5. The van der Waals surface area contributed by atoms with E-state index in [2.05, 4.69) is 10.2 Å². The van der Waals surface area contributed by atoms with Crippen LogP contribution in [0.2, 0.25) is 0 Å². The predicted octanol–water partition coefficient (Wildman–Crippen LogP) is 2.19. The Kier molecular flexibility index (Phi) is 4.72. The van der Waals surface area contributed by atoms with Gasteiger partial charge in [-0.25, -0.2) is 0 Å². The number of carbonyl (C=O) groups is 1. The van der Waals surface area contributed by atoms with Gasteiger partial charge >= 0.3 is 0 Å². The SMILES string of the molecule is O=C(c1ccc(Oc2ccccc2)o1)N1CCC(N2CCNCC2)C1. The average Bonchev–Trinajstić information content (AvgIpc) is 3.33. The van der Waals surface area contributed by atoms with Crippen LogP contribution in [0.25, 0.3) is 0 Å². The topological polar surface area (TPSA) is 58.0 Å². The maximum atomic E-state index is 12.7. The monoisotopic (exact) mass is 341 g/mol. The zero-order chi connectivity index (χ0) is 17.1. The molecule has 2 aliphatic heterocycles. The summed E-state index contributed by atoms with van der Waals surface area (Å²) >= 11 is 0. The van der Waals surface area contributed by atoms with Crippen molar-refractivity contribution in [1.82, 2.24) is 15.1 Å². The minimum absolute atomic E-state index is 0.0550. The lowest BCUT2D eigenvalue weighted by Gasteiger charge is -2.32. The fourth-order valence-electron chi connectivity index (χ4n) is 3.52. The third kappa shape index (κ3) is 3.70. The van der Waals surface area contributed by atoms with E-state index in [9.17, 15) is 4.79 Å². The number of likely N-dealkylation sites (tertiary alicyclic amines) is 1. The van der Waals surface area contributed by atoms with E-state index < -0.39 is 0 Å². The summed E-state index contributed by atoms with van der Waals surface area (Å²) in [5.41, 5.74) is 0. The second-order valence-corrected chi connectivity index (χ2v) is 6.51. The predicted molar refractivity (Wildman–Crippen MR) is 94.0 cm³/mol. The normalized spacial score (nSPS) is 21.4. The van der Waals surface area contributed by atoms with Crippen molar-refractivity contribution < 1.29 is 13.9 Å². The molecule has 0 aliphatic carbocycles. The maximum Gasteiger partial charge on any atom is 0.290 e. The van der Waals surface area contributed by atoms with E-state index in [1.165, 1.54) is 0 Å². The van der Waals surface area contributed by atoms with Crippen molar-refractivity contribution in [3.63, 3.8) is 0 Å². The van der Waals surface area contributed by atoms with Gasteiger partial charge in [-0.15, -0.1) is 0 Å². The van der Waals surface area contributed by atoms with Crippen LogP contribution >= 0.6 is 0 Å². The Balaban J connectivity index is 1.37. The summed E-state index contributed by atoms with van der Waals surface area (Å²) in [4.78, 5) is 17.1. The van der Waals surface area contributed by atoms with Crippen LogP contribution in [0.15, 0.2) is 46.9 Å². The van der Waals surface area contributed by atoms with Crippen molar-refractivity contribution in [3.8, 4) is 11.7 Å². The fraction of sp³-hybridized carbons (Fsp3) is 0.421. The summed E-state index contributed by atoms with van der Waals surface area (Å²) in [6, 6.07) is 13.3. The first-order valence-corrected chi connectivity index (χ1v) is 8.86. The number of hydrogen-bond donors (Lipinski definition) is 1. The number of rotatable bonds is 4. The second-order valence-electron chi connectivity index (χ2n) is 6.51. The second kappa shape index (κ2) is 7.29. The molecule has 2 aliphatic rings.